The van der Waals surface area contributed by atoms with Crippen LogP contribution in [-0.4, -0.2) is 47.7 Å². The maximum absolute atomic E-state index is 13.7. The second-order valence-corrected chi connectivity index (χ2v) is 8.49. The van der Waals surface area contributed by atoms with Crippen LogP contribution in [0.1, 0.15) is 33.6 Å². The lowest BCUT2D eigenvalue weighted by molar-refractivity contribution is 0.0165. The largest absolute Gasteiger partial charge is 0.491 e. The molecule has 29 heavy (non-hydrogen) atoms. The summed E-state index contributed by atoms with van der Waals surface area (Å²) in [6, 6.07) is 4.12. The molecular weight excluding hydrogens is 395 g/mol. The molecule has 0 spiro atoms. The molecule has 0 aliphatic carbocycles. The summed E-state index contributed by atoms with van der Waals surface area (Å²) in [5.74, 6) is 0.291. The molecule has 158 valence electrons. The van der Waals surface area contributed by atoms with E-state index in [4.69, 9.17) is 14.7 Å². The van der Waals surface area contributed by atoms with Crippen LogP contribution in [0.4, 0.5) is 14.9 Å². The second-order valence-electron chi connectivity index (χ2n) is 7.69. The molecule has 0 radical (unpaired) electrons. The van der Waals surface area contributed by atoms with Crippen LogP contribution in [0.3, 0.4) is 0 Å². The van der Waals surface area contributed by atoms with E-state index in [1.165, 1.54) is 30.0 Å². The Balaban J connectivity index is 1.94. The van der Waals surface area contributed by atoms with Crippen LogP contribution in [0.2, 0.25) is 0 Å². The monoisotopic (exact) mass is 422 g/mol. The number of nitriles is 1. The Morgan fingerprint density at radius 2 is 2.10 bits per heavy atom. The third kappa shape index (κ3) is 7.46. The summed E-state index contributed by atoms with van der Waals surface area (Å²) in [6.07, 6.45) is 4.87. The van der Waals surface area contributed by atoms with Gasteiger partial charge in [0.1, 0.15) is 22.9 Å². The van der Waals surface area contributed by atoms with Crippen LogP contribution in [0, 0.1) is 23.2 Å². The van der Waals surface area contributed by atoms with Gasteiger partial charge in [0.2, 0.25) is 0 Å². The fraction of sp³-hybridized carbons (Fsp3) is 0.550. The molecule has 1 aliphatic rings. The van der Waals surface area contributed by atoms with E-state index in [1.54, 1.807) is 17.3 Å². The van der Waals surface area contributed by atoms with Crippen molar-refractivity contribution in [2.75, 3.05) is 26.0 Å². The number of benzene rings is 1. The third-order valence-corrected chi connectivity index (χ3v) is 4.82. The zero-order valence-corrected chi connectivity index (χ0v) is 18.0. The molecule has 0 bridgehead atoms. The number of amidine groups is 1. The molecule has 1 amide bonds. The number of nitrogens with one attached hydrogen (secondary N) is 1. The van der Waals surface area contributed by atoms with Crippen molar-refractivity contribution < 1.29 is 18.7 Å². The summed E-state index contributed by atoms with van der Waals surface area (Å²) in [4.78, 5) is 18.1. The van der Waals surface area contributed by atoms with Gasteiger partial charge in [-0.15, -0.1) is 0 Å². The van der Waals surface area contributed by atoms with Crippen molar-refractivity contribution in [3.8, 4) is 11.9 Å². The fourth-order valence-corrected chi connectivity index (χ4v) is 3.14. The lowest BCUT2D eigenvalue weighted by Gasteiger charge is -2.33. The highest BCUT2D eigenvalue weighted by Crippen LogP contribution is 2.30. The highest BCUT2D eigenvalue weighted by molar-refractivity contribution is 8.13. The van der Waals surface area contributed by atoms with E-state index < -0.39 is 11.4 Å². The Morgan fingerprint density at radius 1 is 1.41 bits per heavy atom. The molecule has 1 aromatic carbocycles. The minimum atomic E-state index is -0.507. The minimum absolute atomic E-state index is 0.271. The minimum Gasteiger partial charge on any atom is -0.491 e. The van der Waals surface area contributed by atoms with E-state index in [2.05, 4.69) is 10.3 Å². The van der Waals surface area contributed by atoms with Gasteiger partial charge < -0.3 is 14.4 Å². The average Bonchev–Trinajstić information content (AvgIpc) is 2.66. The first-order valence-corrected chi connectivity index (χ1v) is 10.6. The summed E-state index contributed by atoms with van der Waals surface area (Å²) in [5, 5.41) is 11.6. The standard InChI is InChI=1S/C20H27FN4O3S/c1-20(2,3)28-19(26)25-9-7-14(8-10-25)12-27-17-6-5-15(21)11-16(17)24-18(29-4)23-13-22/h5-6,11,14H,7-10,12H2,1-4H3,(H,23,24). The van der Waals surface area contributed by atoms with Crippen molar-refractivity contribution in [1.29, 1.82) is 5.26 Å². The van der Waals surface area contributed by atoms with Crippen molar-refractivity contribution in [1.82, 2.24) is 10.2 Å². The number of piperidine rings is 1. The number of amides is 1. The molecule has 1 N–H and O–H groups in total. The lowest BCUT2D eigenvalue weighted by atomic mass is 9.98. The molecule has 9 heteroatoms. The molecule has 0 atom stereocenters. The van der Waals surface area contributed by atoms with Crippen LogP contribution < -0.4 is 10.1 Å². The van der Waals surface area contributed by atoms with Crippen LogP contribution in [-0.2, 0) is 4.74 Å². The number of halogens is 1. The number of carbonyl (C=O) groups is 1. The van der Waals surface area contributed by atoms with Gasteiger partial charge in [0.05, 0.1) is 6.61 Å². The molecule has 1 heterocycles. The van der Waals surface area contributed by atoms with Gasteiger partial charge in [0, 0.05) is 19.2 Å². The molecule has 0 aromatic heterocycles. The first-order chi connectivity index (χ1) is 13.7. The van der Waals surface area contributed by atoms with Gasteiger partial charge in [0.25, 0.3) is 0 Å². The fourth-order valence-electron chi connectivity index (χ4n) is 2.80. The quantitative estimate of drug-likeness (QED) is 0.337. The van der Waals surface area contributed by atoms with E-state index >= 15 is 0 Å². The van der Waals surface area contributed by atoms with E-state index in [0.29, 0.717) is 36.3 Å². The topological polar surface area (TPSA) is 86.9 Å². The van der Waals surface area contributed by atoms with Gasteiger partial charge in [-0.05, 0) is 57.9 Å². The Labute approximate surface area is 175 Å². The summed E-state index contributed by atoms with van der Waals surface area (Å²) in [7, 11) is 0. The number of likely N-dealkylation sites (tertiary alicyclic amines) is 1. The number of rotatable bonds is 4. The summed E-state index contributed by atoms with van der Waals surface area (Å²) in [5.41, 5.74) is -0.185. The first kappa shape index (κ1) is 22.8. The third-order valence-electron chi connectivity index (χ3n) is 4.24. The molecule has 2 rings (SSSR count). The molecule has 1 aliphatic heterocycles. The number of ether oxygens (including phenoxy) is 2. The average molecular weight is 423 g/mol. The Hall–Kier alpha value is -2.47. The van der Waals surface area contributed by atoms with Gasteiger partial charge in [0.15, 0.2) is 11.4 Å². The van der Waals surface area contributed by atoms with Gasteiger partial charge in [-0.3, -0.25) is 5.32 Å². The van der Waals surface area contributed by atoms with Crippen molar-refractivity contribution in [2.45, 2.75) is 39.2 Å². The maximum atomic E-state index is 13.7. The second kappa shape index (κ2) is 10.3. The molecular formula is C20H27FN4O3S. The van der Waals surface area contributed by atoms with Gasteiger partial charge in [-0.2, -0.15) is 5.26 Å². The van der Waals surface area contributed by atoms with Crippen LogP contribution in [0.5, 0.6) is 5.75 Å². The van der Waals surface area contributed by atoms with Gasteiger partial charge in [-0.1, -0.05) is 11.8 Å². The van der Waals surface area contributed by atoms with Crippen molar-refractivity contribution in [3.63, 3.8) is 0 Å². The molecule has 1 saturated heterocycles. The predicted molar refractivity (Wildman–Crippen MR) is 112 cm³/mol. The Kier molecular flexibility index (Phi) is 8.14. The Bertz CT molecular complexity index is 781. The van der Waals surface area contributed by atoms with Crippen molar-refractivity contribution in [3.05, 3.63) is 24.0 Å². The first-order valence-electron chi connectivity index (χ1n) is 9.40. The highest BCUT2D eigenvalue weighted by Gasteiger charge is 2.27. The molecule has 0 saturated carbocycles. The smallest absolute Gasteiger partial charge is 0.410 e. The van der Waals surface area contributed by atoms with Crippen molar-refractivity contribution >= 4 is 28.7 Å². The number of thioether (sulfide) groups is 1. The zero-order chi connectivity index (χ0) is 21.4. The number of nitrogens with zero attached hydrogens (tertiary/aromatic N) is 3. The van der Waals surface area contributed by atoms with Crippen LogP contribution in [0.15, 0.2) is 23.2 Å². The number of hydrogen-bond acceptors (Lipinski definition) is 6. The van der Waals surface area contributed by atoms with Crippen LogP contribution >= 0.6 is 11.8 Å². The maximum Gasteiger partial charge on any atom is 0.410 e. The number of aliphatic imine (C=N–C) groups is 1. The van der Waals surface area contributed by atoms with E-state index in [9.17, 15) is 9.18 Å². The molecule has 0 unspecified atom stereocenters. The van der Waals surface area contributed by atoms with Crippen LogP contribution in [0.25, 0.3) is 0 Å². The van der Waals surface area contributed by atoms with Gasteiger partial charge in [-0.25, -0.2) is 14.2 Å². The zero-order valence-electron chi connectivity index (χ0n) is 17.2. The predicted octanol–water partition coefficient (Wildman–Crippen LogP) is 4.27. The summed E-state index contributed by atoms with van der Waals surface area (Å²) < 4.78 is 25.0. The van der Waals surface area contributed by atoms with E-state index in [-0.39, 0.29) is 12.0 Å². The number of carbonyl (C=O) groups excluding carboxylic acids is 1. The highest BCUT2D eigenvalue weighted by atomic mass is 32.2. The Morgan fingerprint density at radius 3 is 2.69 bits per heavy atom. The SMILES string of the molecule is CSC(=Nc1cc(F)ccc1OCC1CCN(C(=O)OC(C)(C)C)CC1)NC#N. The van der Waals surface area contributed by atoms with E-state index in [1.807, 2.05) is 20.8 Å². The lowest BCUT2D eigenvalue weighted by Crippen LogP contribution is -2.42. The van der Waals surface area contributed by atoms with E-state index in [0.717, 1.165) is 12.8 Å². The summed E-state index contributed by atoms with van der Waals surface area (Å²) >= 11 is 1.25. The van der Waals surface area contributed by atoms with Gasteiger partial charge >= 0.3 is 6.09 Å². The number of hydrogen-bond donors (Lipinski definition) is 1. The molecule has 1 aromatic rings. The van der Waals surface area contributed by atoms with Crippen molar-refractivity contribution in [2.24, 2.45) is 10.9 Å². The summed E-state index contributed by atoms with van der Waals surface area (Å²) in [6.45, 7) is 7.21. The molecule has 7 nitrogen and oxygen atoms in total. The normalized spacial score (nSPS) is 15.6. The molecule has 1 fully saturated rings.